The lowest BCUT2D eigenvalue weighted by molar-refractivity contribution is -0.136. The van der Waals surface area contributed by atoms with E-state index in [1.54, 1.807) is 6.92 Å². The van der Waals surface area contributed by atoms with Crippen molar-refractivity contribution < 1.29 is 18.3 Å². The summed E-state index contributed by atoms with van der Waals surface area (Å²) in [5.41, 5.74) is 0.957. The Hall–Kier alpha value is -1.91. The number of carboxylic acid groups (broad SMARTS) is 1. The van der Waals surface area contributed by atoms with Gasteiger partial charge in [-0.2, -0.15) is 5.26 Å². The molecule has 0 atom stereocenters. The van der Waals surface area contributed by atoms with Crippen molar-refractivity contribution in [3.8, 4) is 6.07 Å². The van der Waals surface area contributed by atoms with Gasteiger partial charge in [0.1, 0.15) is 0 Å². The standard InChI is InChI=1S/C11H12N2O4S/c1-8-6-10(3-2-9(8)7-12)18(16,17)13-5-4-11(14)15/h2-3,6,13H,4-5H2,1H3,(H,14,15). The predicted octanol–water partition coefficient (Wildman–Crippen LogP) is 0.620. The molecule has 0 amide bonds. The van der Waals surface area contributed by atoms with Crippen LogP contribution in [0.25, 0.3) is 0 Å². The number of nitriles is 1. The average molecular weight is 268 g/mol. The van der Waals surface area contributed by atoms with Gasteiger partial charge >= 0.3 is 5.97 Å². The first-order valence-electron chi connectivity index (χ1n) is 5.09. The van der Waals surface area contributed by atoms with Crippen LogP contribution in [0.5, 0.6) is 0 Å². The summed E-state index contributed by atoms with van der Waals surface area (Å²) in [5.74, 6) is -1.08. The van der Waals surface area contributed by atoms with E-state index in [1.165, 1.54) is 18.2 Å². The lowest BCUT2D eigenvalue weighted by atomic mass is 10.1. The molecule has 96 valence electrons. The molecule has 0 aliphatic heterocycles. The summed E-state index contributed by atoms with van der Waals surface area (Å²) in [6, 6.07) is 6.05. The highest BCUT2D eigenvalue weighted by molar-refractivity contribution is 7.89. The van der Waals surface area contributed by atoms with E-state index in [1.807, 2.05) is 6.07 Å². The van der Waals surface area contributed by atoms with Gasteiger partial charge in [0.25, 0.3) is 0 Å². The number of nitrogens with zero attached hydrogens (tertiary/aromatic N) is 1. The summed E-state index contributed by atoms with van der Waals surface area (Å²) >= 11 is 0. The van der Waals surface area contributed by atoms with E-state index in [4.69, 9.17) is 10.4 Å². The van der Waals surface area contributed by atoms with Crippen LogP contribution in [0, 0.1) is 18.3 Å². The van der Waals surface area contributed by atoms with E-state index in [9.17, 15) is 13.2 Å². The summed E-state index contributed by atoms with van der Waals surface area (Å²) in [7, 11) is -3.73. The van der Waals surface area contributed by atoms with Crippen molar-refractivity contribution in [1.29, 1.82) is 5.26 Å². The second kappa shape index (κ2) is 5.62. The fraction of sp³-hybridized carbons (Fsp3) is 0.273. The number of benzene rings is 1. The zero-order valence-corrected chi connectivity index (χ0v) is 10.5. The Bertz CT molecular complexity index is 602. The molecular formula is C11H12N2O4S. The minimum absolute atomic E-state index is 0.0180. The van der Waals surface area contributed by atoms with Crippen LogP contribution < -0.4 is 4.72 Å². The molecule has 0 heterocycles. The Morgan fingerprint density at radius 3 is 2.67 bits per heavy atom. The highest BCUT2D eigenvalue weighted by Gasteiger charge is 2.15. The van der Waals surface area contributed by atoms with Crippen LogP contribution in [0.2, 0.25) is 0 Å². The van der Waals surface area contributed by atoms with Gasteiger partial charge < -0.3 is 5.11 Å². The maximum absolute atomic E-state index is 11.8. The van der Waals surface area contributed by atoms with Gasteiger partial charge in [-0.05, 0) is 30.7 Å². The molecule has 0 aromatic heterocycles. The summed E-state index contributed by atoms with van der Waals surface area (Å²) in [4.78, 5) is 10.3. The quantitative estimate of drug-likeness (QED) is 0.814. The number of nitrogens with one attached hydrogen (secondary N) is 1. The van der Waals surface area contributed by atoms with Gasteiger partial charge in [-0.25, -0.2) is 13.1 Å². The zero-order chi connectivity index (χ0) is 13.8. The van der Waals surface area contributed by atoms with Crippen LogP contribution in [-0.4, -0.2) is 26.0 Å². The van der Waals surface area contributed by atoms with Crippen LogP contribution in [-0.2, 0) is 14.8 Å². The van der Waals surface area contributed by atoms with Gasteiger partial charge in [-0.1, -0.05) is 0 Å². The molecule has 7 heteroatoms. The summed E-state index contributed by atoms with van der Waals surface area (Å²) < 4.78 is 25.7. The SMILES string of the molecule is Cc1cc(S(=O)(=O)NCCC(=O)O)ccc1C#N. The van der Waals surface area contributed by atoms with Crippen LogP contribution in [0.1, 0.15) is 17.5 Å². The molecule has 1 rings (SSSR count). The minimum atomic E-state index is -3.73. The maximum atomic E-state index is 11.8. The Labute approximate surface area is 105 Å². The first kappa shape index (κ1) is 14.2. The maximum Gasteiger partial charge on any atom is 0.304 e. The lowest BCUT2D eigenvalue weighted by Crippen LogP contribution is -2.26. The first-order valence-corrected chi connectivity index (χ1v) is 6.57. The van der Waals surface area contributed by atoms with Crippen molar-refractivity contribution in [3.05, 3.63) is 29.3 Å². The van der Waals surface area contributed by atoms with Crippen LogP contribution in [0.3, 0.4) is 0 Å². The highest BCUT2D eigenvalue weighted by Crippen LogP contribution is 2.14. The lowest BCUT2D eigenvalue weighted by Gasteiger charge is -2.06. The van der Waals surface area contributed by atoms with Gasteiger partial charge in [0.2, 0.25) is 10.0 Å². The highest BCUT2D eigenvalue weighted by atomic mass is 32.2. The van der Waals surface area contributed by atoms with Gasteiger partial charge in [0, 0.05) is 6.54 Å². The summed E-state index contributed by atoms with van der Waals surface area (Å²) in [6.07, 6.45) is -0.283. The molecule has 6 nitrogen and oxygen atoms in total. The van der Waals surface area contributed by atoms with E-state index in [-0.39, 0.29) is 17.9 Å². The number of aryl methyl sites for hydroxylation is 1. The van der Waals surface area contributed by atoms with Gasteiger partial charge in [-0.15, -0.1) is 0 Å². The van der Waals surface area contributed by atoms with Crippen LogP contribution in [0.4, 0.5) is 0 Å². The molecular weight excluding hydrogens is 256 g/mol. The van der Waals surface area contributed by atoms with Crippen molar-refractivity contribution in [1.82, 2.24) is 4.72 Å². The normalized spacial score (nSPS) is 10.9. The number of rotatable bonds is 5. The molecule has 1 aromatic rings. The van der Waals surface area contributed by atoms with Crippen molar-refractivity contribution in [2.45, 2.75) is 18.2 Å². The Balaban J connectivity index is 2.89. The van der Waals surface area contributed by atoms with Crippen molar-refractivity contribution >= 4 is 16.0 Å². The number of sulfonamides is 1. The number of hydrogen-bond acceptors (Lipinski definition) is 4. The molecule has 0 saturated heterocycles. The van der Waals surface area contributed by atoms with Gasteiger partial charge in [0.05, 0.1) is 22.9 Å². The molecule has 0 aliphatic rings. The molecule has 0 radical (unpaired) electrons. The Morgan fingerprint density at radius 2 is 2.17 bits per heavy atom. The van der Waals surface area contributed by atoms with E-state index >= 15 is 0 Å². The third kappa shape index (κ3) is 3.55. The fourth-order valence-corrected chi connectivity index (χ4v) is 2.42. The topological polar surface area (TPSA) is 107 Å². The van der Waals surface area contributed by atoms with E-state index < -0.39 is 16.0 Å². The molecule has 18 heavy (non-hydrogen) atoms. The average Bonchev–Trinajstić information content (AvgIpc) is 2.28. The molecule has 1 aromatic carbocycles. The molecule has 0 saturated carbocycles. The molecule has 0 bridgehead atoms. The summed E-state index contributed by atoms with van der Waals surface area (Å²) in [6.45, 7) is 1.46. The number of hydrogen-bond donors (Lipinski definition) is 2. The van der Waals surface area contributed by atoms with Crippen LogP contribution in [0.15, 0.2) is 23.1 Å². The minimum Gasteiger partial charge on any atom is -0.481 e. The largest absolute Gasteiger partial charge is 0.481 e. The Morgan fingerprint density at radius 1 is 1.50 bits per heavy atom. The summed E-state index contributed by atoms with van der Waals surface area (Å²) in [5, 5.41) is 17.2. The van der Waals surface area contributed by atoms with E-state index in [0.29, 0.717) is 11.1 Å². The second-order valence-electron chi connectivity index (χ2n) is 3.63. The molecule has 2 N–H and O–H groups in total. The molecule has 0 aliphatic carbocycles. The first-order chi connectivity index (χ1) is 8.36. The third-order valence-corrected chi connectivity index (χ3v) is 3.72. The predicted molar refractivity (Wildman–Crippen MR) is 63.3 cm³/mol. The molecule has 0 unspecified atom stereocenters. The van der Waals surface area contributed by atoms with Gasteiger partial charge in [0.15, 0.2) is 0 Å². The van der Waals surface area contributed by atoms with Gasteiger partial charge in [-0.3, -0.25) is 4.79 Å². The molecule has 0 fully saturated rings. The zero-order valence-electron chi connectivity index (χ0n) is 9.67. The second-order valence-corrected chi connectivity index (χ2v) is 5.40. The van der Waals surface area contributed by atoms with Crippen molar-refractivity contribution in [3.63, 3.8) is 0 Å². The fourth-order valence-electron chi connectivity index (χ4n) is 1.30. The monoisotopic (exact) mass is 268 g/mol. The van der Waals surface area contributed by atoms with Crippen molar-refractivity contribution in [2.75, 3.05) is 6.54 Å². The number of carboxylic acids is 1. The van der Waals surface area contributed by atoms with Crippen LogP contribution >= 0.6 is 0 Å². The Kier molecular flexibility index (Phi) is 4.42. The third-order valence-electron chi connectivity index (χ3n) is 2.26. The van der Waals surface area contributed by atoms with E-state index in [2.05, 4.69) is 4.72 Å². The number of aliphatic carboxylic acids is 1. The van der Waals surface area contributed by atoms with E-state index in [0.717, 1.165) is 0 Å². The molecule has 0 spiro atoms. The van der Waals surface area contributed by atoms with Crippen molar-refractivity contribution in [2.24, 2.45) is 0 Å². The number of carbonyl (C=O) groups is 1. The smallest absolute Gasteiger partial charge is 0.304 e.